The maximum atomic E-state index is 11.9. The first kappa shape index (κ1) is 11.0. The molecule has 1 N–H and O–H groups in total. The lowest BCUT2D eigenvalue weighted by molar-refractivity contribution is -0.139. The van der Waals surface area contributed by atoms with Crippen molar-refractivity contribution in [3.63, 3.8) is 0 Å². The van der Waals surface area contributed by atoms with Crippen LogP contribution in [-0.2, 0) is 6.54 Å². The lowest BCUT2D eigenvalue weighted by Crippen LogP contribution is -2.30. The average molecular weight is 208 g/mol. The predicted molar refractivity (Wildman–Crippen MR) is 43.5 cm³/mol. The summed E-state index contributed by atoms with van der Waals surface area (Å²) < 4.78 is 40.2. The Morgan fingerprint density at radius 2 is 2.29 bits per heavy atom. The van der Waals surface area contributed by atoms with Crippen LogP contribution in [0, 0.1) is 0 Å². The van der Waals surface area contributed by atoms with Gasteiger partial charge in [-0.15, -0.1) is 0 Å². The molecule has 0 saturated heterocycles. The Morgan fingerprint density at radius 3 is 2.79 bits per heavy atom. The molecule has 0 spiro atoms. The van der Waals surface area contributed by atoms with E-state index in [1.807, 2.05) is 0 Å². The van der Waals surface area contributed by atoms with Crippen molar-refractivity contribution in [2.45, 2.75) is 32.1 Å². The lowest BCUT2D eigenvalue weighted by Gasteiger charge is -2.14. The summed E-state index contributed by atoms with van der Waals surface area (Å²) in [7, 11) is 0. The second-order valence-corrected chi connectivity index (χ2v) is 3.09. The van der Waals surface area contributed by atoms with Crippen LogP contribution in [0.4, 0.5) is 13.2 Å². The van der Waals surface area contributed by atoms with Crippen molar-refractivity contribution >= 4 is 0 Å². The number of hydrogen-bond acceptors (Lipinski definition) is 3. The third-order valence-electron chi connectivity index (χ3n) is 1.66. The van der Waals surface area contributed by atoms with Crippen LogP contribution in [0.15, 0.2) is 16.9 Å². The zero-order valence-corrected chi connectivity index (χ0v) is 7.64. The molecule has 1 heterocycles. The first-order chi connectivity index (χ1) is 6.47. The van der Waals surface area contributed by atoms with Crippen molar-refractivity contribution in [2.24, 2.45) is 0 Å². The highest BCUT2D eigenvalue weighted by Crippen LogP contribution is 2.21. The number of rotatable bonds is 4. The first-order valence-electron chi connectivity index (χ1n) is 4.17. The molecule has 0 bridgehead atoms. The van der Waals surface area contributed by atoms with Gasteiger partial charge in [0.15, 0.2) is 0 Å². The van der Waals surface area contributed by atoms with Crippen molar-refractivity contribution < 1.29 is 17.7 Å². The Hall–Kier alpha value is -1.04. The minimum atomic E-state index is -4.13. The van der Waals surface area contributed by atoms with Crippen LogP contribution in [0.1, 0.15) is 19.0 Å². The molecule has 0 aliphatic rings. The van der Waals surface area contributed by atoms with E-state index in [4.69, 9.17) is 0 Å². The number of hydrogen-bond donors (Lipinski definition) is 1. The second kappa shape index (κ2) is 4.45. The summed E-state index contributed by atoms with van der Waals surface area (Å²) in [6, 6.07) is 0.986. The monoisotopic (exact) mass is 208 g/mol. The molecular formula is C8H11F3N2O. The highest BCUT2D eigenvalue weighted by atomic mass is 19.4. The smallest absolute Gasteiger partial charge is 0.364 e. The molecule has 0 fully saturated rings. The van der Waals surface area contributed by atoms with E-state index < -0.39 is 18.6 Å². The van der Waals surface area contributed by atoms with Crippen LogP contribution < -0.4 is 5.32 Å². The summed E-state index contributed by atoms with van der Waals surface area (Å²) in [4.78, 5) is 0. The van der Waals surface area contributed by atoms with Gasteiger partial charge in [0.1, 0.15) is 6.26 Å². The Labute approximate surface area is 79.3 Å². The summed E-state index contributed by atoms with van der Waals surface area (Å²) in [6.45, 7) is 1.77. The average Bonchev–Trinajstić information content (AvgIpc) is 2.49. The zero-order valence-electron chi connectivity index (χ0n) is 7.64. The van der Waals surface area contributed by atoms with E-state index in [2.05, 4.69) is 15.0 Å². The minimum absolute atomic E-state index is 0.285. The van der Waals surface area contributed by atoms with Gasteiger partial charge < -0.3 is 9.84 Å². The molecule has 0 amide bonds. The molecule has 1 rings (SSSR count). The largest absolute Gasteiger partial charge is 0.390 e. The zero-order chi connectivity index (χ0) is 10.6. The number of nitrogens with one attached hydrogen (secondary N) is 1. The van der Waals surface area contributed by atoms with Gasteiger partial charge in [0.05, 0.1) is 12.1 Å². The van der Waals surface area contributed by atoms with E-state index >= 15 is 0 Å². The van der Waals surface area contributed by atoms with E-state index in [9.17, 15) is 13.2 Å². The normalized spacial score (nSPS) is 14.3. The Kier molecular flexibility index (Phi) is 3.51. The van der Waals surface area contributed by atoms with Gasteiger partial charge in [0.25, 0.3) is 0 Å². The lowest BCUT2D eigenvalue weighted by atomic mass is 10.2. The summed E-state index contributed by atoms with van der Waals surface area (Å²) >= 11 is 0. The summed E-state index contributed by atoms with van der Waals surface area (Å²) in [5.41, 5.74) is 0.596. The Balaban J connectivity index is 2.25. The molecule has 1 aromatic rings. The number of aromatic nitrogens is 1. The number of nitrogens with zero attached hydrogens (tertiary/aromatic N) is 1. The summed E-state index contributed by atoms with van der Waals surface area (Å²) in [5, 5.41) is 6.26. The van der Waals surface area contributed by atoms with Gasteiger partial charge in [-0.1, -0.05) is 5.16 Å². The molecule has 1 aromatic heterocycles. The van der Waals surface area contributed by atoms with Gasteiger partial charge >= 0.3 is 6.18 Å². The standard InChI is InChI=1S/C8H11F3N2O/c1-6(4-8(9,10)11)12-5-7-2-3-14-13-7/h2-3,6,12H,4-5H2,1H3. The SMILES string of the molecule is CC(CC(F)(F)F)NCc1ccon1. The third kappa shape index (κ3) is 4.27. The van der Waals surface area contributed by atoms with Crippen LogP contribution in [0.3, 0.4) is 0 Å². The van der Waals surface area contributed by atoms with Crippen molar-refractivity contribution in [1.29, 1.82) is 0 Å². The Bertz CT molecular complexity index is 258. The van der Waals surface area contributed by atoms with E-state index in [1.54, 1.807) is 6.07 Å². The summed E-state index contributed by atoms with van der Waals surface area (Å²) in [6.07, 6.45) is -3.59. The molecule has 3 nitrogen and oxygen atoms in total. The number of alkyl halides is 3. The van der Waals surface area contributed by atoms with Crippen molar-refractivity contribution in [1.82, 2.24) is 10.5 Å². The van der Waals surface area contributed by atoms with Crippen LogP contribution in [-0.4, -0.2) is 17.4 Å². The van der Waals surface area contributed by atoms with Crippen molar-refractivity contribution in [3.8, 4) is 0 Å². The van der Waals surface area contributed by atoms with Crippen LogP contribution in [0.5, 0.6) is 0 Å². The van der Waals surface area contributed by atoms with Crippen LogP contribution in [0.2, 0.25) is 0 Å². The summed E-state index contributed by atoms with van der Waals surface area (Å²) in [5.74, 6) is 0. The van der Waals surface area contributed by atoms with Gasteiger partial charge in [-0.3, -0.25) is 0 Å². The molecule has 6 heteroatoms. The molecule has 80 valence electrons. The molecule has 0 aliphatic carbocycles. The maximum Gasteiger partial charge on any atom is 0.390 e. The molecule has 14 heavy (non-hydrogen) atoms. The maximum absolute atomic E-state index is 11.9. The first-order valence-corrected chi connectivity index (χ1v) is 4.17. The fraction of sp³-hybridized carbons (Fsp3) is 0.625. The van der Waals surface area contributed by atoms with Crippen molar-refractivity contribution in [2.75, 3.05) is 0 Å². The molecular weight excluding hydrogens is 197 g/mol. The van der Waals surface area contributed by atoms with Gasteiger partial charge in [0, 0.05) is 18.7 Å². The fourth-order valence-electron chi connectivity index (χ4n) is 1.03. The third-order valence-corrected chi connectivity index (χ3v) is 1.66. The quantitative estimate of drug-likeness (QED) is 0.823. The van der Waals surface area contributed by atoms with Gasteiger partial charge in [-0.25, -0.2) is 0 Å². The number of halogens is 3. The fourth-order valence-corrected chi connectivity index (χ4v) is 1.03. The highest BCUT2D eigenvalue weighted by Gasteiger charge is 2.29. The minimum Gasteiger partial charge on any atom is -0.364 e. The molecule has 0 radical (unpaired) electrons. The van der Waals surface area contributed by atoms with Crippen molar-refractivity contribution in [3.05, 3.63) is 18.0 Å². The molecule has 0 aromatic carbocycles. The van der Waals surface area contributed by atoms with E-state index in [0.29, 0.717) is 5.69 Å². The van der Waals surface area contributed by atoms with Gasteiger partial charge in [-0.2, -0.15) is 13.2 Å². The molecule has 1 unspecified atom stereocenters. The molecule has 0 saturated carbocycles. The second-order valence-electron chi connectivity index (χ2n) is 3.09. The van der Waals surface area contributed by atoms with Crippen LogP contribution >= 0.6 is 0 Å². The predicted octanol–water partition coefficient (Wildman–Crippen LogP) is 2.11. The Morgan fingerprint density at radius 1 is 1.57 bits per heavy atom. The van der Waals surface area contributed by atoms with E-state index in [0.717, 1.165) is 0 Å². The topological polar surface area (TPSA) is 38.1 Å². The van der Waals surface area contributed by atoms with E-state index in [1.165, 1.54) is 13.2 Å². The molecule has 0 aliphatic heterocycles. The van der Waals surface area contributed by atoms with Crippen LogP contribution in [0.25, 0.3) is 0 Å². The van der Waals surface area contributed by atoms with Gasteiger partial charge in [-0.05, 0) is 6.92 Å². The highest BCUT2D eigenvalue weighted by molar-refractivity contribution is 4.94. The molecule has 1 atom stereocenters. The van der Waals surface area contributed by atoms with E-state index in [-0.39, 0.29) is 6.54 Å². The van der Waals surface area contributed by atoms with Gasteiger partial charge in [0.2, 0.25) is 0 Å².